The second-order valence-electron chi connectivity index (χ2n) is 21.0. The lowest BCUT2D eigenvalue weighted by Crippen LogP contribution is -2.66. The molecule has 2 fully saturated rings. The zero-order valence-electron chi connectivity index (χ0n) is 49.3. The van der Waals surface area contributed by atoms with Crippen LogP contribution in [0.3, 0.4) is 0 Å². The number of rotatable bonds is 27. The lowest BCUT2D eigenvalue weighted by Gasteiger charge is -2.45. The third-order valence-corrected chi connectivity index (χ3v) is 16.4. The minimum atomic E-state index is -4.43. The minimum Gasteiger partial charge on any atom is -0.497 e. The summed E-state index contributed by atoms with van der Waals surface area (Å²) in [5, 5.41) is 5.33. The molecule has 0 radical (unpaired) electrons. The van der Waals surface area contributed by atoms with Gasteiger partial charge in [-0.15, -0.1) is 0 Å². The van der Waals surface area contributed by atoms with Gasteiger partial charge in [0.1, 0.15) is 54.3 Å². The number of ether oxygens (including phenoxy) is 9. The van der Waals surface area contributed by atoms with E-state index in [0.717, 1.165) is 30.5 Å². The van der Waals surface area contributed by atoms with Crippen LogP contribution in [0.2, 0.25) is 0 Å². The first kappa shape index (κ1) is 64.5. The predicted octanol–water partition coefficient (Wildman–Crippen LogP) is 6.72. The average molecular weight is 1190 g/mol. The Morgan fingerprint density at radius 2 is 1.37 bits per heavy atom. The summed E-state index contributed by atoms with van der Waals surface area (Å²) >= 11 is 0. The Morgan fingerprint density at radius 3 is 1.92 bits per heavy atom. The molecule has 1 unspecified atom stereocenters. The lowest BCUT2D eigenvalue weighted by atomic mass is 9.80. The van der Waals surface area contributed by atoms with Crippen molar-refractivity contribution in [3.05, 3.63) is 112 Å². The summed E-state index contributed by atoms with van der Waals surface area (Å²) in [5.41, 5.74) is 0.306. The topological polar surface area (TPSA) is 295 Å². The molecule has 456 valence electrons. The molecule has 2 saturated heterocycles. The van der Waals surface area contributed by atoms with Crippen molar-refractivity contribution in [1.29, 1.82) is 0 Å². The molecule has 2 aliphatic rings. The van der Waals surface area contributed by atoms with Crippen molar-refractivity contribution >= 4 is 54.6 Å². The summed E-state index contributed by atoms with van der Waals surface area (Å²) in [7, 11) is -1.27. The molecule has 0 saturated carbocycles. The van der Waals surface area contributed by atoms with Gasteiger partial charge >= 0.3 is 25.7 Å². The number of hydrogen-bond acceptors (Lipinski definition) is 20. The Balaban J connectivity index is 1.25. The van der Waals surface area contributed by atoms with Gasteiger partial charge < -0.3 is 47.9 Å². The van der Waals surface area contributed by atoms with Crippen LogP contribution in [0.15, 0.2) is 90.0 Å². The Bertz CT molecular complexity index is 3100. The third kappa shape index (κ3) is 15.4. The quantitative estimate of drug-likeness (QED) is 0.0162. The number of fused-ring (bicyclic) bond motifs is 1. The van der Waals surface area contributed by atoms with E-state index in [-0.39, 0.29) is 55.7 Å². The molecular formula is C58H76N7O18P. The Hall–Kier alpha value is -7.09. The molecule has 0 spiro atoms. The number of nitrogens with zero attached hydrogens (tertiary/aromatic N) is 4. The fourth-order valence-electron chi connectivity index (χ4n) is 10.2. The van der Waals surface area contributed by atoms with E-state index in [2.05, 4.69) is 25.6 Å². The summed E-state index contributed by atoms with van der Waals surface area (Å²) in [5.74, 6) is -2.44. The van der Waals surface area contributed by atoms with Gasteiger partial charge in [0.15, 0.2) is 29.7 Å². The number of nitrogens with one attached hydrogen (secondary N) is 3. The molecule has 0 bridgehead atoms. The van der Waals surface area contributed by atoms with Gasteiger partial charge in [-0.3, -0.25) is 52.7 Å². The van der Waals surface area contributed by atoms with Gasteiger partial charge in [0.2, 0.25) is 17.8 Å². The van der Waals surface area contributed by atoms with Crippen molar-refractivity contribution in [3.63, 3.8) is 0 Å². The van der Waals surface area contributed by atoms with E-state index < -0.39 is 116 Å². The maximum atomic E-state index is 16.0. The second kappa shape index (κ2) is 28.7. The van der Waals surface area contributed by atoms with E-state index in [0.29, 0.717) is 11.5 Å². The van der Waals surface area contributed by atoms with E-state index in [4.69, 9.17) is 51.7 Å². The van der Waals surface area contributed by atoms with Crippen molar-refractivity contribution < 1.29 is 80.2 Å². The molecule has 3 aromatic carbocycles. The van der Waals surface area contributed by atoms with Crippen LogP contribution < -0.4 is 25.7 Å². The molecule has 26 heteroatoms. The monoisotopic (exact) mass is 1190 g/mol. The van der Waals surface area contributed by atoms with Crippen LogP contribution in [0.4, 0.5) is 5.95 Å². The average Bonchev–Trinajstić information content (AvgIpc) is 1.50. The smallest absolute Gasteiger partial charge is 0.409 e. The number of benzene rings is 3. The number of aromatic amines is 1. The maximum absolute atomic E-state index is 16.0. The van der Waals surface area contributed by atoms with Gasteiger partial charge in [0.25, 0.3) is 5.56 Å². The van der Waals surface area contributed by atoms with Gasteiger partial charge in [-0.2, -0.15) is 4.98 Å². The molecule has 5 aromatic rings. The molecule has 84 heavy (non-hydrogen) atoms. The molecule has 2 aliphatic heterocycles. The van der Waals surface area contributed by atoms with E-state index >= 15 is 4.57 Å². The van der Waals surface area contributed by atoms with Crippen LogP contribution in [0, 0.1) is 5.92 Å². The van der Waals surface area contributed by atoms with E-state index in [9.17, 15) is 28.8 Å². The molecule has 0 aliphatic carbocycles. The number of methoxy groups -OCH3 is 2. The molecule has 7 rings (SSSR count). The van der Waals surface area contributed by atoms with Crippen LogP contribution in [0.25, 0.3) is 11.2 Å². The molecule has 25 nitrogen and oxygen atoms in total. The van der Waals surface area contributed by atoms with Crippen molar-refractivity contribution in [2.75, 3.05) is 46.0 Å². The van der Waals surface area contributed by atoms with Crippen molar-refractivity contribution in [3.8, 4) is 11.5 Å². The van der Waals surface area contributed by atoms with Crippen molar-refractivity contribution in [2.24, 2.45) is 5.92 Å². The normalized spacial score (nSPS) is 21.5. The molecule has 2 aromatic heterocycles. The highest BCUT2D eigenvalue weighted by Gasteiger charge is 2.52. The number of carbonyl (C=O) groups excluding carboxylic acids is 5. The highest BCUT2D eigenvalue weighted by Crippen LogP contribution is 2.58. The van der Waals surface area contributed by atoms with Crippen LogP contribution in [-0.4, -0.2) is 149 Å². The fourth-order valence-corrected chi connectivity index (χ4v) is 12.6. The molecule has 9 atom stereocenters. The molecule has 3 N–H and O–H groups in total. The number of aromatic nitrogens is 4. The first-order valence-electron chi connectivity index (χ1n) is 27.6. The molecule has 4 heterocycles. The van der Waals surface area contributed by atoms with Crippen LogP contribution in [0.1, 0.15) is 105 Å². The summed E-state index contributed by atoms with van der Waals surface area (Å²) in [4.78, 5) is 87.3. The minimum absolute atomic E-state index is 0.0124. The lowest BCUT2D eigenvalue weighted by molar-refractivity contribution is -0.278. The highest BCUT2D eigenvalue weighted by atomic mass is 31.2. The number of esters is 3. The predicted molar refractivity (Wildman–Crippen MR) is 304 cm³/mol. The van der Waals surface area contributed by atoms with Gasteiger partial charge in [-0.25, -0.2) is 14.2 Å². The van der Waals surface area contributed by atoms with E-state index in [1.165, 1.54) is 20.2 Å². The Kier molecular flexibility index (Phi) is 22.0. The maximum Gasteiger partial charge on any atom is 0.409 e. The standard InChI is InChI=1S/C58H76N7O18P/c1-33(2)54(70)62-57-61-53-50(55(71)63-57)59-32-64(53)48-29-45(46(81-48)31-77-58(40-17-14-13-15-18-40,41-19-23-43(73-11)24-20-41)42-21-25-44(74-12)26-22-42)83-84(72,65(34(3)4)35(5)6)78-28-16-27-75-56-49(60-36(7)66)52(80-39(10)69)51(79-38(9)68)47(82-56)30-76-37(8)67/h13-15,17-26,32-35,45-49,51-52,56H,16,27-31H2,1-12H3,(H,60,66)(H2,61,62,63,70,71)/t45-,46+,47+,48+,49+,51+,52+,56+,84?/m0/s1. The first-order chi connectivity index (χ1) is 40.0. The highest BCUT2D eigenvalue weighted by molar-refractivity contribution is 7.51. The fraction of sp³-hybridized carbons (Fsp3) is 0.517. The van der Waals surface area contributed by atoms with Crippen molar-refractivity contribution in [2.45, 2.75) is 149 Å². The van der Waals surface area contributed by atoms with Gasteiger partial charge in [0.05, 0.1) is 40.4 Å². The SMILES string of the molecule is COc1ccc(C(OC[C@H]2O[C@@H](n3cnc4c(=O)[nH]c(NC(=O)C(C)C)nc43)C[C@@H]2OP(=O)(OCCCO[C@@H]2O[C@H](COC(C)=O)[C@@H](OC(C)=O)[C@H](OC(C)=O)[C@H]2NC(C)=O)N(C(C)C)C(C)C)(c2ccccc2)c2ccc(OC)cc2)cc1. The number of imidazole rings is 1. The summed E-state index contributed by atoms with van der Waals surface area (Å²) < 4.78 is 86.8. The van der Waals surface area contributed by atoms with Crippen molar-refractivity contribution in [1.82, 2.24) is 29.5 Å². The summed E-state index contributed by atoms with van der Waals surface area (Å²) in [6.45, 7) is 14.4. The third-order valence-electron chi connectivity index (χ3n) is 13.8. The number of H-pyrrole nitrogens is 1. The van der Waals surface area contributed by atoms with Gasteiger partial charge in [0, 0.05) is 52.1 Å². The Labute approximate surface area is 487 Å². The summed E-state index contributed by atoms with van der Waals surface area (Å²) in [6, 6.07) is 22.5. The van der Waals surface area contributed by atoms with E-state index in [1.54, 1.807) is 37.3 Å². The number of hydrogen-bond donors (Lipinski definition) is 3. The first-order valence-corrected chi connectivity index (χ1v) is 29.1. The zero-order chi connectivity index (χ0) is 61.0. The van der Waals surface area contributed by atoms with E-state index in [1.807, 2.05) is 107 Å². The largest absolute Gasteiger partial charge is 0.497 e. The molecular weight excluding hydrogens is 1110 g/mol. The van der Waals surface area contributed by atoms with Crippen LogP contribution in [-0.2, 0) is 76.3 Å². The van der Waals surface area contributed by atoms with Gasteiger partial charge in [-0.05, 0) is 75.1 Å². The summed E-state index contributed by atoms with van der Waals surface area (Å²) in [6.07, 6.45) is -6.93. The second-order valence-corrected chi connectivity index (χ2v) is 22.9. The number of amides is 2. The number of anilines is 1. The molecule has 2 amide bonds. The Morgan fingerprint density at radius 1 is 0.774 bits per heavy atom. The zero-order valence-corrected chi connectivity index (χ0v) is 50.2. The van der Waals surface area contributed by atoms with Crippen LogP contribution >= 0.6 is 7.75 Å². The van der Waals surface area contributed by atoms with Crippen LogP contribution in [0.5, 0.6) is 11.5 Å². The van der Waals surface area contributed by atoms with Gasteiger partial charge in [-0.1, -0.05) is 68.4 Å². The number of carbonyl (C=O) groups is 5.